The zero-order valence-electron chi connectivity index (χ0n) is 21.7. The molecule has 0 radical (unpaired) electrons. The lowest BCUT2D eigenvalue weighted by molar-refractivity contribution is -0.127. The molecule has 1 fully saturated rings. The molecule has 5 rings (SSSR count). The molecule has 38 heavy (non-hydrogen) atoms. The van der Waals surface area contributed by atoms with Gasteiger partial charge in [-0.1, -0.05) is 18.7 Å². The first-order valence-corrected chi connectivity index (χ1v) is 12.7. The van der Waals surface area contributed by atoms with Gasteiger partial charge in [-0.05, 0) is 41.8 Å². The van der Waals surface area contributed by atoms with E-state index in [1.165, 1.54) is 18.0 Å². The van der Waals surface area contributed by atoms with Crippen molar-refractivity contribution in [3.05, 3.63) is 61.0 Å². The van der Waals surface area contributed by atoms with Crippen LogP contribution in [-0.4, -0.2) is 67.4 Å². The van der Waals surface area contributed by atoms with Crippen molar-refractivity contribution in [2.45, 2.75) is 25.4 Å². The van der Waals surface area contributed by atoms with E-state index in [0.717, 1.165) is 41.4 Å². The number of likely N-dealkylation sites (tertiary alicyclic amines) is 1. The summed E-state index contributed by atoms with van der Waals surface area (Å²) >= 11 is 0. The van der Waals surface area contributed by atoms with Gasteiger partial charge in [0.1, 0.15) is 24.0 Å². The lowest BCUT2D eigenvalue weighted by Crippen LogP contribution is -2.41. The summed E-state index contributed by atoms with van der Waals surface area (Å²) in [4.78, 5) is 22.7. The van der Waals surface area contributed by atoms with Crippen molar-refractivity contribution in [3.63, 3.8) is 0 Å². The van der Waals surface area contributed by atoms with E-state index in [-0.39, 0.29) is 12.0 Å². The number of amides is 1. The van der Waals surface area contributed by atoms with E-state index in [2.05, 4.69) is 40.1 Å². The number of hydrogen-bond acceptors (Lipinski definition) is 8. The predicted octanol–water partition coefficient (Wildman–Crippen LogP) is 4.75. The molecule has 1 aromatic heterocycles. The Morgan fingerprint density at radius 3 is 2.63 bits per heavy atom. The molecule has 0 aliphatic carbocycles. The quantitative estimate of drug-likeness (QED) is 0.429. The highest BCUT2D eigenvalue weighted by Crippen LogP contribution is 2.38. The van der Waals surface area contributed by atoms with Crippen LogP contribution in [0.25, 0.3) is 16.5 Å². The van der Waals surface area contributed by atoms with Gasteiger partial charge in [-0.3, -0.25) is 4.79 Å². The first kappa shape index (κ1) is 25.5. The number of benzene rings is 2. The number of methoxy groups -OCH3 is 2. The van der Waals surface area contributed by atoms with Crippen LogP contribution in [0, 0.1) is 0 Å². The number of fused-ring (bicyclic) bond motifs is 1. The monoisotopic (exact) mass is 516 g/mol. The smallest absolute Gasteiger partial charge is 0.245 e. The molecule has 198 valence electrons. The number of nitrogens with zero attached hydrogens (tertiary/aromatic N) is 3. The Morgan fingerprint density at radius 1 is 1.11 bits per heavy atom. The van der Waals surface area contributed by atoms with Crippen LogP contribution in [-0.2, 0) is 9.53 Å². The Balaban J connectivity index is 1.44. The van der Waals surface area contributed by atoms with Crippen molar-refractivity contribution in [1.82, 2.24) is 14.9 Å². The third kappa shape index (κ3) is 5.43. The van der Waals surface area contributed by atoms with E-state index >= 15 is 0 Å². The van der Waals surface area contributed by atoms with Crippen molar-refractivity contribution in [2.24, 2.45) is 0 Å². The second kappa shape index (κ2) is 11.5. The number of rotatable bonds is 8. The molecule has 2 aliphatic heterocycles. The fraction of sp³-hybridized carbons (Fsp3) is 0.345. The van der Waals surface area contributed by atoms with Crippen molar-refractivity contribution in [1.29, 1.82) is 0 Å². The van der Waals surface area contributed by atoms with Gasteiger partial charge in [-0.2, -0.15) is 0 Å². The molecule has 2 aromatic carbocycles. The summed E-state index contributed by atoms with van der Waals surface area (Å²) in [6.45, 7) is 6.16. The Morgan fingerprint density at radius 2 is 1.92 bits per heavy atom. The number of ether oxygens (including phenoxy) is 4. The molecule has 3 heterocycles. The van der Waals surface area contributed by atoms with Crippen molar-refractivity contribution >= 4 is 33.9 Å². The molecule has 1 saturated heterocycles. The molecule has 1 N–H and O–H groups in total. The van der Waals surface area contributed by atoms with Crippen LogP contribution in [0.15, 0.2) is 55.4 Å². The fourth-order valence-electron chi connectivity index (χ4n) is 4.84. The second-order valence-corrected chi connectivity index (χ2v) is 9.18. The summed E-state index contributed by atoms with van der Waals surface area (Å²) in [5, 5.41) is 4.25. The van der Waals surface area contributed by atoms with Crippen LogP contribution in [0.2, 0.25) is 0 Å². The van der Waals surface area contributed by atoms with E-state index in [4.69, 9.17) is 18.9 Å². The summed E-state index contributed by atoms with van der Waals surface area (Å²) in [6, 6.07) is 9.86. The van der Waals surface area contributed by atoms with Gasteiger partial charge >= 0.3 is 0 Å². The van der Waals surface area contributed by atoms with Crippen LogP contribution in [0.4, 0.5) is 11.5 Å². The number of piperidine rings is 1. The van der Waals surface area contributed by atoms with Gasteiger partial charge in [0.25, 0.3) is 0 Å². The Kier molecular flexibility index (Phi) is 7.74. The number of anilines is 2. The molecule has 0 atom stereocenters. The van der Waals surface area contributed by atoms with E-state index in [1.54, 1.807) is 19.1 Å². The standard InChI is InChI=1S/C29H32N4O5/c1-4-28(34)33-11-7-21(8-12-33)38-27-16-22-23(17-26(27)36-3)30-18-31-29(22)32-24-15-20(5-6-25(24)35-2)19-9-13-37-14-10-19/h4-6,9,15-18,21H,1,7-8,10-14H2,2-3H3,(H,30,31,32). The zero-order valence-corrected chi connectivity index (χ0v) is 21.7. The third-order valence-electron chi connectivity index (χ3n) is 6.93. The molecule has 3 aromatic rings. The zero-order chi connectivity index (χ0) is 26.5. The van der Waals surface area contributed by atoms with Gasteiger partial charge in [0, 0.05) is 37.4 Å². The topological polar surface area (TPSA) is 95.0 Å². The molecular weight excluding hydrogens is 484 g/mol. The van der Waals surface area contributed by atoms with Gasteiger partial charge in [0.2, 0.25) is 5.91 Å². The molecule has 2 aliphatic rings. The average Bonchev–Trinajstić information content (AvgIpc) is 2.97. The van der Waals surface area contributed by atoms with Crippen LogP contribution >= 0.6 is 0 Å². The van der Waals surface area contributed by atoms with Crippen molar-refractivity contribution < 1.29 is 23.7 Å². The minimum atomic E-state index is -0.0489. The number of carbonyl (C=O) groups is 1. The maximum atomic E-state index is 11.9. The van der Waals surface area contributed by atoms with Crippen LogP contribution in [0.3, 0.4) is 0 Å². The minimum Gasteiger partial charge on any atom is -0.495 e. The van der Waals surface area contributed by atoms with E-state index in [0.29, 0.717) is 49.4 Å². The minimum absolute atomic E-state index is 0.0409. The molecule has 0 bridgehead atoms. The first-order valence-electron chi connectivity index (χ1n) is 12.7. The SMILES string of the molecule is C=CC(=O)N1CCC(Oc2cc3c(Nc4cc(C5=CCOCC5)ccc4OC)ncnc3cc2OC)CC1. The predicted molar refractivity (Wildman–Crippen MR) is 146 cm³/mol. The second-order valence-electron chi connectivity index (χ2n) is 9.18. The van der Waals surface area contributed by atoms with Gasteiger partial charge in [0.15, 0.2) is 11.5 Å². The highest BCUT2D eigenvalue weighted by Gasteiger charge is 2.24. The van der Waals surface area contributed by atoms with Gasteiger partial charge in [-0.15, -0.1) is 0 Å². The number of hydrogen-bond donors (Lipinski definition) is 1. The summed E-state index contributed by atoms with van der Waals surface area (Å²) in [5.41, 5.74) is 3.88. The van der Waals surface area contributed by atoms with Gasteiger partial charge in [-0.25, -0.2) is 9.97 Å². The maximum absolute atomic E-state index is 11.9. The summed E-state index contributed by atoms with van der Waals surface area (Å²) in [7, 11) is 3.26. The van der Waals surface area contributed by atoms with Gasteiger partial charge in [0.05, 0.1) is 38.6 Å². The largest absolute Gasteiger partial charge is 0.495 e. The Hall–Kier alpha value is -4.11. The van der Waals surface area contributed by atoms with Crippen LogP contribution in [0.1, 0.15) is 24.8 Å². The summed E-state index contributed by atoms with van der Waals surface area (Å²) < 4.78 is 23.1. The van der Waals surface area contributed by atoms with Crippen molar-refractivity contribution in [2.75, 3.05) is 45.8 Å². The van der Waals surface area contributed by atoms with Crippen molar-refractivity contribution in [3.8, 4) is 17.2 Å². The third-order valence-corrected chi connectivity index (χ3v) is 6.93. The Labute approximate surface area is 222 Å². The lowest BCUT2D eigenvalue weighted by Gasteiger charge is -2.31. The normalized spacial score (nSPS) is 16.1. The number of nitrogens with one attached hydrogen (secondary N) is 1. The van der Waals surface area contributed by atoms with Crippen LogP contribution in [0.5, 0.6) is 17.2 Å². The molecule has 9 nitrogen and oxygen atoms in total. The molecule has 0 unspecified atom stereocenters. The summed E-state index contributed by atoms with van der Waals surface area (Å²) in [5.74, 6) is 2.49. The number of aromatic nitrogens is 2. The average molecular weight is 517 g/mol. The van der Waals surface area contributed by atoms with Gasteiger partial charge < -0.3 is 29.2 Å². The first-order chi connectivity index (χ1) is 18.6. The maximum Gasteiger partial charge on any atom is 0.245 e. The van der Waals surface area contributed by atoms with Crippen LogP contribution < -0.4 is 19.5 Å². The number of carbonyl (C=O) groups excluding carboxylic acids is 1. The van der Waals surface area contributed by atoms with E-state index < -0.39 is 0 Å². The molecule has 0 spiro atoms. The Bertz CT molecular complexity index is 1360. The highest BCUT2D eigenvalue weighted by atomic mass is 16.5. The molecule has 9 heteroatoms. The molecular formula is C29H32N4O5. The molecule has 0 saturated carbocycles. The fourth-order valence-corrected chi connectivity index (χ4v) is 4.84. The summed E-state index contributed by atoms with van der Waals surface area (Å²) in [6.07, 6.45) is 7.26. The highest BCUT2D eigenvalue weighted by molar-refractivity contribution is 5.93. The molecule has 1 amide bonds. The van der Waals surface area contributed by atoms with E-state index in [9.17, 15) is 4.79 Å². The van der Waals surface area contributed by atoms with E-state index in [1.807, 2.05) is 18.2 Å². The lowest BCUT2D eigenvalue weighted by atomic mass is 10.0.